The van der Waals surface area contributed by atoms with Gasteiger partial charge in [0.2, 0.25) is 5.91 Å². The molecule has 3 nitrogen and oxygen atoms in total. The number of nitrogens with zero attached hydrogens (tertiary/aromatic N) is 1. The number of hydrogen-bond acceptors (Lipinski definition) is 2. The Morgan fingerprint density at radius 1 is 1.31 bits per heavy atom. The van der Waals surface area contributed by atoms with Crippen molar-refractivity contribution in [1.82, 2.24) is 4.90 Å². The van der Waals surface area contributed by atoms with Gasteiger partial charge in [0.05, 0.1) is 0 Å². The summed E-state index contributed by atoms with van der Waals surface area (Å²) in [6, 6.07) is 10.5. The van der Waals surface area contributed by atoms with Gasteiger partial charge in [0.1, 0.15) is 0 Å². The summed E-state index contributed by atoms with van der Waals surface area (Å²) in [4.78, 5) is 13.7. The summed E-state index contributed by atoms with van der Waals surface area (Å²) in [5.74, 6) is 0.266. The lowest BCUT2D eigenvalue weighted by Crippen LogP contribution is -2.33. The van der Waals surface area contributed by atoms with Crippen molar-refractivity contribution in [2.45, 2.75) is 31.8 Å². The van der Waals surface area contributed by atoms with Crippen LogP contribution < -0.4 is 5.73 Å². The molecule has 0 saturated carbocycles. The zero-order chi connectivity index (χ0) is 11.4. The van der Waals surface area contributed by atoms with Crippen molar-refractivity contribution in [1.29, 1.82) is 0 Å². The lowest BCUT2D eigenvalue weighted by molar-refractivity contribution is -0.129. The third-order valence-corrected chi connectivity index (χ3v) is 3.15. The van der Waals surface area contributed by atoms with Crippen LogP contribution in [-0.2, 0) is 11.3 Å². The fourth-order valence-corrected chi connectivity index (χ4v) is 2.28. The summed E-state index contributed by atoms with van der Waals surface area (Å²) in [5.41, 5.74) is 6.77. The summed E-state index contributed by atoms with van der Waals surface area (Å²) in [7, 11) is 0. The van der Waals surface area contributed by atoms with E-state index < -0.39 is 0 Å². The maximum atomic E-state index is 11.7. The average Bonchev–Trinajstić information content (AvgIpc) is 2.64. The summed E-state index contributed by atoms with van der Waals surface area (Å²) in [5, 5.41) is 0. The van der Waals surface area contributed by atoms with Gasteiger partial charge in [-0.25, -0.2) is 0 Å². The highest BCUT2D eigenvalue weighted by atomic mass is 16.2. The minimum atomic E-state index is 0.266. The van der Waals surface area contributed by atoms with Gasteiger partial charge in [-0.2, -0.15) is 0 Å². The van der Waals surface area contributed by atoms with Crippen molar-refractivity contribution in [3.63, 3.8) is 0 Å². The van der Waals surface area contributed by atoms with Gasteiger partial charge in [-0.3, -0.25) is 4.79 Å². The van der Waals surface area contributed by atoms with Crippen LogP contribution in [-0.4, -0.2) is 23.4 Å². The summed E-state index contributed by atoms with van der Waals surface area (Å²) < 4.78 is 0. The molecule has 1 atom stereocenters. The first kappa shape index (κ1) is 11.1. The van der Waals surface area contributed by atoms with E-state index in [9.17, 15) is 4.79 Å². The van der Waals surface area contributed by atoms with E-state index in [4.69, 9.17) is 5.73 Å². The molecular weight excluding hydrogens is 200 g/mol. The number of nitrogens with two attached hydrogens (primary N) is 1. The Bertz CT molecular complexity index is 350. The molecule has 16 heavy (non-hydrogen) atoms. The van der Waals surface area contributed by atoms with Crippen LogP contribution in [0, 0.1) is 0 Å². The molecule has 2 N–H and O–H groups in total. The van der Waals surface area contributed by atoms with Crippen LogP contribution >= 0.6 is 0 Å². The second kappa shape index (κ2) is 5.12. The Kier molecular flexibility index (Phi) is 3.57. The number of carbonyl (C=O) groups is 1. The molecule has 1 aliphatic rings. The minimum Gasteiger partial charge on any atom is -0.335 e. The predicted molar refractivity (Wildman–Crippen MR) is 63.7 cm³/mol. The monoisotopic (exact) mass is 218 g/mol. The predicted octanol–water partition coefficient (Wildman–Crippen LogP) is 1.53. The lowest BCUT2D eigenvalue weighted by atomic mass is 10.1. The van der Waals surface area contributed by atoms with Gasteiger partial charge in [0, 0.05) is 19.0 Å². The molecule has 3 heteroatoms. The fourth-order valence-electron chi connectivity index (χ4n) is 2.28. The van der Waals surface area contributed by atoms with Crippen LogP contribution in [0.3, 0.4) is 0 Å². The molecule has 1 aliphatic heterocycles. The van der Waals surface area contributed by atoms with E-state index in [-0.39, 0.29) is 5.91 Å². The maximum Gasteiger partial charge on any atom is 0.223 e. The topological polar surface area (TPSA) is 46.3 Å². The number of likely N-dealkylation sites (tertiary alicyclic amines) is 1. The molecule has 0 aromatic heterocycles. The van der Waals surface area contributed by atoms with Gasteiger partial charge in [0.25, 0.3) is 0 Å². The highest BCUT2D eigenvalue weighted by molar-refractivity contribution is 5.78. The van der Waals surface area contributed by atoms with Crippen molar-refractivity contribution in [2.75, 3.05) is 6.54 Å². The Labute approximate surface area is 96.2 Å². The quantitative estimate of drug-likeness (QED) is 0.833. The number of benzene rings is 1. The van der Waals surface area contributed by atoms with Crippen LogP contribution in [0.2, 0.25) is 0 Å². The number of carbonyl (C=O) groups excluding carboxylic acids is 1. The van der Waals surface area contributed by atoms with E-state index in [1.54, 1.807) is 0 Å². The molecule has 0 bridgehead atoms. The van der Waals surface area contributed by atoms with Gasteiger partial charge < -0.3 is 10.6 Å². The third kappa shape index (κ3) is 2.42. The SMILES string of the molecule is NCC[C@H]1CCC(=O)N1Cc1ccccc1. The van der Waals surface area contributed by atoms with Gasteiger partial charge in [-0.1, -0.05) is 30.3 Å². The van der Waals surface area contributed by atoms with E-state index in [0.29, 0.717) is 19.0 Å². The van der Waals surface area contributed by atoms with Crippen LogP contribution in [0.4, 0.5) is 0 Å². The molecule has 1 saturated heterocycles. The third-order valence-electron chi connectivity index (χ3n) is 3.15. The average molecular weight is 218 g/mol. The van der Waals surface area contributed by atoms with Crippen molar-refractivity contribution in [2.24, 2.45) is 5.73 Å². The number of amides is 1. The molecule has 0 aliphatic carbocycles. The standard InChI is InChI=1S/C13H18N2O/c14-9-8-12-6-7-13(16)15(12)10-11-4-2-1-3-5-11/h1-5,12H,6-10,14H2/t12-/m1/s1. The molecule has 0 unspecified atom stereocenters. The highest BCUT2D eigenvalue weighted by Gasteiger charge is 2.29. The molecule has 1 aromatic carbocycles. The fraction of sp³-hybridized carbons (Fsp3) is 0.462. The first-order chi connectivity index (χ1) is 7.81. The first-order valence-corrected chi connectivity index (χ1v) is 5.84. The molecule has 1 amide bonds. The Balaban J connectivity index is 2.04. The molecule has 86 valence electrons. The Morgan fingerprint density at radius 2 is 2.06 bits per heavy atom. The minimum absolute atomic E-state index is 0.266. The largest absolute Gasteiger partial charge is 0.335 e. The van der Waals surface area contributed by atoms with Crippen LogP contribution in [0.25, 0.3) is 0 Å². The first-order valence-electron chi connectivity index (χ1n) is 5.84. The molecule has 1 aromatic rings. The molecule has 2 rings (SSSR count). The van der Waals surface area contributed by atoms with E-state index in [1.165, 1.54) is 5.56 Å². The smallest absolute Gasteiger partial charge is 0.223 e. The summed E-state index contributed by atoms with van der Waals surface area (Å²) in [6.45, 7) is 1.38. The second-order valence-corrected chi connectivity index (χ2v) is 4.28. The van der Waals surface area contributed by atoms with Crippen molar-refractivity contribution < 1.29 is 4.79 Å². The molecule has 1 fully saturated rings. The van der Waals surface area contributed by atoms with Crippen LogP contribution in [0.5, 0.6) is 0 Å². The molecule has 0 radical (unpaired) electrons. The molecule has 0 spiro atoms. The van der Waals surface area contributed by atoms with E-state index in [0.717, 1.165) is 19.4 Å². The van der Waals surface area contributed by atoms with Gasteiger partial charge in [0.15, 0.2) is 0 Å². The molecular formula is C13H18N2O. The van der Waals surface area contributed by atoms with E-state index in [1.807, 2.05) is 23.1 Å². The van der Waals surface area contributed by atoms with Crippen molar-refractivity contribution in [3.8, 4) is 0 Å². The molecule has 1 heterocycles. The zero-order valence-electron chi connectivity index (χ0n) is 9.43. The maximum absolute atomic E-state index is 11.7. The van der Waals surface area contributed by atoms with Crippen molar-refractivity contribution >= 4 is 5.91 Å². The van der Waals surface area contributed by atoms with Gasteiger partial charge >= 0.3 is 0 Å². The zero-order valence-corrected chi connectivity index (χ0v) is 9.43. The van der Waals surface area contributed by atoms with E-state index in [2.05, 4.69) is 12.1 Å². The highest BCUT2D eigenvalue weighted by Crippen LogP contribution is 2.23. The number of hydrogen-bond donors (Lipinski definition) is 1. The van der Waals surface area contributed by atoms with Crippen LogP contribution in [0.1, 0.15) is 24.8 Å². The second-order valence-electron chi connectivity index (χ2n) is 4.28. The summed E-state index contributed by atoms with van der Waals surface area (Å²) in [6.07, 6.45) is 2.55. The van der Waals surface area contributed by atoms with Gasteiger partial charge in [-0.05, 0) is 24.9 Å². The lowest BCUT2D eigenvalue weighted by Gasteiger charge is -2.24. The Morgan fingerprint density at radius 3 is 2.75 bits per heavy atom. The summed E-state index contributed by atoms with van der Waals surface area (Å²) >= 11 is 0. The van der Waals surface area contributed by atoms with Crippen LogP contribution in [0.15, 0.2) is 30.3 Å². The number of rotatable bonds is 4. The van der Waals surface area contributed by atoms with E-state index >= 15 is 0 Å². The van der Waals surface area contributed by atoms with Crippen molar-refractivity contribution in [3.05, 3.63) is 35.9 Å². The normalized spacial score (nSPS) is 20.4. The Hall–Kier alpha value is -1.35. The van der Waals surface area contributed by atoms with Gasteiger partial charge in [-0.15, -0.1) is 0 Å².